The highest BCUT2D eigenvalue weighted by molar-refractivity contribution is 7.15. The average molecular weight is 330 g/mol. The number of pyridine rings is 1. The number of halogens is 1. The van der Waals surface area contributed by atoms with Crippen molar-refractivity contribution in [3.8, 4) is 10.6 Å². The fourth-order valence-corrected chi connectivity index (χ4v) is 3.74. The van der Waals surface area contributed by atoms with E-state index in [2.05, 4.69) is 25.1 Å². The van der Waals surface area contributed by atoms with Gasteiger partial charge in [-0.3, -0.25) is 4.79 Å². The van der Waals surface area contributed by atoms with Crippen LogP contribution in [0.1, 0.15) is 33.3 Å². The van der Waals surface area contributed by atoms with Crippen LogP contribution in [0.15, 0.2) is 30.3 Å². The van der Waals surface area contributed by atoms with E-state index in [0.29, 0.717) is 5.56 Å². The first-order chi connectivity index (χ1) is 10.5. The van der Waals surface area contributed by atoms with Gasteiger partial charge < -0.3 is 0 Å². The van der Waals surface area contributed by atoms with E-state index in [1.807, 2.05) is 26.0 Å². The summed E-state index contributed by atoms with van der Waals surface area (Å²) in [7, 11) is 0. The molecule has 0 atom stereocenters. The molecule has 3 rings (SSSR count). The van der Waals surface area contributed by atoms with Gasteiger partial charge in [-0.2, -0.15) is 0 Å². The van der Waals surface area contributed by atoms with E-state index in [0.717, 1.165) is 39.0 Å². The van der Waals surface area contributed by atoms with Crippen LogP contribution in [0.2, 0.25) is 0 Å². The second-order valence-corrected chi connectivity index (χ2v) is 6.94. The van der Waals surface area contributed by atoms with Crippen molar-refractivity contribution >= 4 is 39.1 Å². The van der Waals surface area contributed by atoms with Crippen molar-refractivity contribution in [3.63, 3.8) is 0 Å². The van der Waals surface area contributed by atoms with Crippen LogP contribution < -0.4 is 0 Å². The highest BCUT2D eigenvalue weighted by atomic mass is 35.5. The number of thiophene rings is 1. The first-order valence-corrected chi connectivity index (χ1v) is 8.40. The molecule has 0 bridgehead atoms. The summed E-state index contributed by atoms with van der Waals surface area (Å²) < 4.78 is 0. The summed E-state index contributed by atoms with van der Waals surface area (Å²) in [4.78, 5) is 19.0. The molecule has 0 aliphatic rings. The van der Waals surface area contributed by atoms with Gasteiger partial charge in [0, 0.05) is 15.8 Å². The number of hydrogen-bond donors (Lipinski definition) is 0. The lowest BCUT2D eigenvalue weighted by molar-refractivity contribution is 0.108. The van der Waals surface area contributed by atoms with Gasteiger partial charge >= 0.3 is 0 Å². The third-order valence-corrected chi connectivity index (χ3v) is 5.18. The molecule has 112 valence electrons. The molecule has 0 spiro atoms. The third kappa shape index (κ3) is 2.67. The van der Waals surface area contributed by atoms with E-state index in [4.69, 9.17) is 16.6 Å². The van der Waals surface area contributed by atoms with Gasteiger partial charge in [-0.25, -0.2) is 4.98 Å². The zero-order valence-corrected chi connectivity index (χ0v) is 14.3. The van der Waals surface area contributed by atoms with Crippen LogP contribution in [0.5, 0.6) is 0 Å². The largest absolute Gasteiger partial charge is 0.276 e. The molecule has 0 radical (unpaired) electrons. The van der Waals surface area contributed by atoms with Gasteiger partial charge in [0.05, 0.1) is 16.1 Å². The summed E-state index contributed by atoms with van der Waals surface area (Å²) in [5, 5.41) is 0.388. The van der Waals surface area contributed by atoms with Crippen LogP contribution >= 0.6 is 22.9 Å². The van der Waals surface area contributed by atoms with Gasteiger partial charge in [0.15, 0.2) is 0 Å². The summed E-state index contributed by atoms with van der Waals surface area (Å²) >= 11 is 7.52. The van der Waals surface area contributed by atoms with Crippen LogP contribution in [0.3, 0.4) is 0 Å². The molecule has 3 aromatic rings. The molecule has 0 saturated heterocycles. The first kappa shape index (κ1) is 15.2. The minimum atomic E-state index is -0.439. The number of fused-ring (bicyclic) bond motifs is 1. The summed E-state index contributed by atoms with van der Waals surface area (Å²) in [6.45, 7) is 6.15. The molecule has 0 saturated carbocycles. The van der Waals surface area contributed by atoms with Crippen molar-refractivity contribution in [1.29, 1.82) is 0 Å². The second-order valence-electron chi connectivity index (χ2n) is 5.43. The number of hydrogen-bond acceptors (Lipinski definition) is 3. The smallest absolute Gasteiger partial charge is 0.253 e. The Kier molecular flexibility index (Phi) is 4.02. The minimum Gasteiger partial charge on any atom is -0.276 e. The maximum atomic E-state index is 11.9. The highest BCUT2D eigenvalue weighted by Crippen LogP contribution is 2.32. The topological polar surface area (TPSA) is 30.0 Å². The summed E-state index contributed by atoms with van der Waals surface area (Å²) in [5.41, 5.74) is 4.35. The number of aromatic nitrogens is 1. The van der Waals surface area contributed by atoms with E-state index >= 15 is 0 Å². The third-order valence-electron chi connectivity index (χ3n) is 3.72. The molecule has 0 unspecified atom stereocenters. The first-order valence-electron chi connectivity index (χ1n) is 7.20. The van der Waals surface area contributed by atoms with Crippen LogP contribution in [-0.4, -0.2) is 10.2 Å². The standard InChI is InChI=1S/C18H16ClNOS/c1-4-12-5-6-16(22-12)15-9-14(18(19)21)13-8-10(2)7-11(3)17(13)20-15/h5-9H,4H2,1-3H3. The van der Waals surface area contributed by atoms with E-state index in [1.165, 1.54) is 4.88 Å². The van der Waals surface area contributed by atoms with Crippen LogP contribution in [-0.2, 0) is 6.42 Å². The Morgan fingerprint density at radius 1 is 1.23 bits per heavy atom. The molecule has 2 heterocycles. The van der Waals surface area contributed by atoms with E-state index in [-0.39, 0.29) is 0 Å². The number of carbonyl (C=O) groups is 1. The molecule has 0 aliphatic carbocycles. The highest BCUT2D eigenvalue weighted by Gasteiger charge is 2.15. The van der Waals surface area contributed by atoms with Crippen molar-refractivity contribution in [2.45, 2.75) is 27.2 Å². The Hall–Kier alpha value is -1.71. The minimum absolute atomic E-state index is 0.439. The van der Waals surface area contributed by atoms with Crippen molar-refractivity contribution in [1.82, 2.24) is 4.98 Å². The van der Waals surface area contributed by atoms with Crippen molar-refractivity contribution < 1.29 is 4.79 Å². The molecular formula is C18H16ClNOS. The van der Waals surface area contributed by atoms with Gasteiger partial charge in [-0.15, -0.1) is 11.3 Å². The number of nitrogens with zero attached hydrogens (tertiary/aromatic N) is 1. The fraction of sp³-hybridized carbons (Fsp3) is 0.222. The zero-order chi connectivity index (χ0) is 15.9. The molecule has 2 aromatic heterocycles. The van der Waals surface area contributed by atoms with Gasteiger partial charge in [-0.1, -0.05) is 18.6 Å². The van der Waals surface area contributed by atoms with Gasteiger partial charge in [0.25, 0.3) is 5.24 Å². The van der Waals surface area contributed by atoms with Crippen LogP contribution in [0.25, 0.3) is 21.5 Å². The second kappa shape index (κ2) is 5.82. The SMILES string of the molecule is CCc1ccc(-c2cc(C(=O)Cl)c3cc(C)cc(C)c3n2)s1. The lowest BCUT2D eigenvalue weighted by atomic mass is 10.0. The Morgan fingerprint density at radius 2 is 2.00 bits per heavy atom. The van der Waals surface area contributed by atoms with E-state index in [1.54, 1.807) is 11.3 Å². The van der Waals surface area contributed by atoms with Crippen LogP contribution in [0, 0.1) is 13.8 Å². The summed E-state index contributed by atoms with van der Waals surface area (Å²) in [5.74, 6) is 0. The van der Waals surface area contributed by atoms with Crippen molar-refractivity contribution in [2.24, 2.45) is 0 Å². The maximum Gasteiger partial charge on any atom is 0.253 e. The monoisotopic (exact) mass is 329 g/mol. The summed E-state index contributed by atoms with van der Waals surface area (Å²) in [6, 6.07) is 10.0. The van der Waals surface area contributed by atoms with Crippen molar-refractivity contribution in [3.05, 3.63) is 51.9 Å². The fourth-order valence-electron chi connectivity index (χ4n) is 2.68. The molecule has 0 amide bonds. The number of rotatable bonds is 3. The quantitative estimate of drug-likeness (QED) is 0.592. The number of carbonyl (C=O) groups excluding carboxylic acids is 1. The molecule has 0 fully saturated rings. The van der Waals surface area contributed by atoms with Gasteiger partial charge in [0.2, 0.25) is 0 Å². The Bertz CT molecular complexity index is 882. The molecule has 0 N–H and O–H groups in total. The molecule has 4 heteroatoms. The Labute approximate surface area is 138 Å². The normalized spacial score (nSPS) is 11.1. The zero-order valence-electron chi connectivity index (χ0n) is 12.7. The molecule has 1 aromatic carbocycles. The van der Waals surface area contributed by atoms with Crippen molar-refractivity contribution in [2.75, 3.05) is 0 Å². The molecule has 22 heavy (non-hydrogen) atoms. The molecular weight excluding hydrogens is 314 g/mol. The number of aryl methyl sites for hydroxylation is 3. The van der Waals surface area contributed by atoms with Crippen LogP contribution in [0.4, 0.5) is 0 Å². The molecule has 0 aliphatic heterocycles. The van der Waals surface area contributed by atoms with Gasteiger partial charge in [0.1, 0.15) is 0 Å². The molecule has 2 nitrogen and oxygen atoms in total. The van der Waals surface area contributed by atoms with E-state index in [9.17, 15) is 4.79 Å². The lowest BCUT2D eigenvalue weighted by Gasteiger charge is -2.09. The summed E-state index contributed by atoms with van der Waals surface area (Å²) in [6.07, 6.45) is 0.998. The predicted octanol–water partition coefficient (Wildman–Crippen LogP) is 5.52. The average Bonchev–Trinajstić information content (AvgIpc) is 2.95. The predicted molar refractivity (Wildman–Crippen MR) is 94.1 cm³/mol. The Morgan fingerprint density at radius 3 is 2.64 bits per heavy atom. The Balaban J connectivity index is 2.31. The number of benzene rings is 1. The van der Waals surface area contributed by atoms with Gasteiger partial charge in [-0.05, 0) is 61.7 Å². The maximum absolute atomic E-state index is 11.9. The lowest BCUT2D eigenvalue weighted by Crippen LogP contribution is -1.97. The van der Waals surface area contributed by atoms with E-state index < -0.39 is 5.24 Å².